The van der Waals surface area contributed by atoms with Gasteiger partial charge in [0.2, 0.25) is 5.78 Å². The highest BCUT2D eigenvalue weighted by molar-refractivity contribution is 5.98. The molecule has 3 rings (SSSR count). The largest absolute Gasteiger partial charge is 0.491 e. The van der Waals surface area contributed by atoms with Crippen LogP contribution in [0.25, 0.3) is 11.0 Å². The molecule has 1 N–H and O–H groups in total. The molecule has 0 aliphatic carbocycles. The summed E-state index contributed by atoms with van der Waals surface area (Å²) >= 11 is 0. The summed E-state index contributed by atoms with van der Waals surface area (Å²) in [4.78, 5) is 23.1. The van der Waals surface area contributed by atoms with Gasteiger partial charge in [-0.2, -0.15) is 0 Å². The van der Waals surface area contributed by atoms with Gasteiger partial charge in [0.15, 0.2) is 5.60 Å². The SMILES string of the molecule is CC(C1=CC(=O)C(C)(C)O1)C(O)COc1ccc2ccc(=O)oc2c1. The van der Waals surface area contributed by atoms with Crippen LogP contribution in [0.1, 0.15) is 20.8 Å². The molecule has 2 unspecified atom stereocenters. The van der Waals surface area contributed by atoms with Gasteiger partial charge in [-0.25, -0.2) is 4.79 Å². The van der Waals surface area contributed by atoms with Crippen LogP contribution in [0.2, 0.25) is 0 Å². The van der Waals surface area contributed by atoms with Crippen molar-refractivity contribution in [3.05, 3.63) is 52.6 Å². The van der Waals surface area contributed by atoms with Crippen LogP contribution in [-0.2, 0) is 9.53 Å². The molecule has 0 spiro atoms. The predicted molar refractivity (Wildman–Crippen MR) is 91.4 cm³/mol. The highest BCUT2D eigenvalue weighted by Crippen LogP contribution is 2.30. The Hall–Kier alpha value is -2.60. The predicted octanol–water partition coefficient (Wildman–Crippen LogP) is 2.43. The summed E-state index contributed by atoms with van der Waals surface area (Å²) in [6.45, 7) is 5.17. The second-order valence-electron chi connectivity index (χ2n) is 6.64. The maximum Gasteiger partial charge on any atom is 0.336 e. The van der Waals surface area contributed by atoms with Gasteiger partial charge in [-0.1, -0.05) is 6.92 Å². The van der Waals surface area contributed by atoms with E-state index in [9.17, 15) is 14.7 Å². The van der Waals surface area contributed by atoms with E-state index in [1.165, 1.54) is 12.1 Å². The van der Waals surface area contributed by atoms with E-state index in [4.69, 9.17) is 13.9 Å². The van der Waals surface area contributed by atoms with Crippen LogP contribution in [0.3, 0.4) is 0 Å². The number of fused-ring (bicyclic) bond motifs is 1. The molecule has 6 heteroatoms. The molecule has 0 saturated carbocycles. The van der Waals surface area contributed by atoms with Crippen molar-refractivity contribution in [3.63, 3.8) is 0 Å². The number of benzene rings is 1. The monoisotopic (exact) mass is 344 g/mol. The number of carbonyl (C=O) groups excluding carboxylic acids is 1. The van der Waals surface area contributed by atoms with E-state index in [1.807, 2.05) is 0 Å². The molecule has 0 saturated heterocycles. The smallest absolute Gasteiger partial charge is 0.336 e. The highest BCUT2D eigenvalue weighted by Gasteiger charge is 2.38. The van der Waals surface area contributed by atoms with Crippen LogP contribution in [-0.4, -0.2) is 29.2 Å². The summed E-state index contributed by atoms with van der Waals surface area (Å²) in [5, 5.41) is 11.1. The van der Waals surface area contributed by atoms with Crippen LogP contribution < -0.4 is 10.4 Å². The molecule has 1 aromatic carbocycles. The number of ketones is 1. The first-order valence-corrected chi connectivity index (χ1v) is 8.06. The molecule has 25 heavy (non-hydrogen) atoms. The number of hydrogen-bond acceptors (Lipinski definition) is 6. The number of hydrogen-bond donors (Lipinski definition) is 1. The fraction of sp³-hybridized carbons (Fsp3) is 0.368. The minimum absolute atomic E-state index is 0.0130. The molecule has 1 aromatic heterocycles. The maximum absolute atomic E-state index is 11.8. The Labute approximate surface area is 144 Å². The van der Waals surface area contributed by atoms with E-state index in [1.54, 1.807) is 45.0 Å². The van der Waals surface area contributed by atoms with Gasteiger partial charge in [-0.15, -0.1) is 0 Å². The third kappa shape index (κ3) is 3.58. The highest BCUT2D eigenvalue weighted by atomic mass is 16.5. The van der Waals surface area contributed by atoms with E-state index in [0.717, 1.165) is 5.39 Å². The zero-order chi connectivity index (χ0) is 18.2. The summed E-state index contributed by atoms with van der Waals surface area (Å²) in [6, 6.07) is 8.13. The fourth-order valence-electron chi connectivity index (χ4n) is 2.55. The molecule has 0 fully saturated rings. The summed E-state index contributed by atoms with van der Waals surface area (Å²) < 4.78 is 16.3. The molecule has 6 nitrogen and oxygen atoms in total. The van der Waals surface area contributed by atoms with Crippen molar-refractivity contribution in [2.75, 3.05) is 6.61 Å². The lowest BCUT2D eigenvalue weighted by atomic mass is 10.0. The average molecular weight is 344 g/mol. The Kier molecular flexibility index (Phi) is 4.39. The third-order valence-corrected chi connectivity index (χ3v) is 4.28. The van der Waals surface area contributed by atoms with Crippen LogP contribution in [0.5, 0.6) is 5.75 Å². The third-order valence-electron chi connectivity index (χ3n) is 4.28. The Morgan fingerprint density at radius 2 is 1.92 bits per heavy atom. The van der Waals surface area contributed by atoms with Gasteiger partial charge < -0.3 is 19.0 Å². The molecule has 1 aliphatic rings. The maximum atomic E-state index is 11.8. The van der Waals surface area contributed by atoms with Crippen LogP contribution in [0, 0.1) is 5.92 Å². The lowest BCUT2D eigenvalue weighted by Crippen LogP contribution is -2.31. The van der Waals surface area contributed by atoms with Crippen LogP contribution in [0.4, 0.5) is 0 Å². The number of aliphatic hydroxyl groups is 1. The van der Waals surface area contributed by atoms with E-state index in [-0.39, 0.29) is 18.3 Å². The summed E-state index contributed by atoms with van der Waals surface area (Å²) in [5.74, 6) is 0.428. The van der Waals surface area contributed by atoms with Gasteiger partial charge in [0.25, 0.3) is 0 Å². The Bertz CT molecular complexity index is 892. The van der Waals surface area contributed by atoms with Gasteiger partial charge in [-0.05, 0) is 32.0 Å². The molecule has 0 radical (unpaired) electrons. The molecule has 0 bridgehead atoms. The molecular weight excluding hydrogens is 324 g/mol. The van der Waals surface area contributed by atoms with Crippen molar-refractivity contribution < 1.29 is 23.8 Å². The summed E-state index contributed by atoms with van der Waals surface area (Å²) in [5.41, 5.74) is -0.905. The number of carbonyl (C=O) groups is 1. The molecule has 132 valence electrons. The van der Waals surface area contributed by atoms with Crippen molar-refractivity contribution in [1.29, 1.82) is 0 Å². The van der Waals surface area contributed by atoms with E-state index < -0.39 is 17.3 Å². The Balaban J connectivity index is 1.66. The van der Waals surface area contributed by atoms with Gasteiger partial charge in [0, 0.05) is 29.5 Å². The number of ether oxygens (including phenoxy) is 2. The standard InChI is InChI=1S/C19H20O6/c1-11(15-9-17(21)19(2,3)25-15)14(20)10-23-13-6-4-12-5-7-18(22)24-16(12)8-13/h4-9,11,14,20H,10H2,1-3H3. The first-order chi connectivity index (χ1) is 11.8. The second-order valence-corrected chi connectivity index (χ2v) is 6.64. The molecular formula is C19H20O6. The minimum atomic E-state index is -0.889. The summed E-state index contributed by atoms with van der Waals surface area (Å²) in [7, 11) is 0. The van der Waals surface area contributed by atoms with Crippen molar-refractivity contribution in [2.45, 2.75) is 32.5 Å². The number of aliphatic hydroxyl groups excluding tert-OH is 1. The zero-order valence-electron chi connectivity index (χ0n) is 14.3. The first-order valence-electron chi connectivity index (χ1n) is 8.06. The molecule has 0 amide bonds. The van der Waals surface area contributed by atoms with Crippen molar-refractivity contribution in [1.82, 2.24) is 0 Å². The van der Waals surface area contributed by atoms with Crippen molar-refractivity contribution >= 4 is 16.8 Å². The zero-order valence-corrected chi connectivity index (χ0v) is 14.3. The lowest BCUT2D eigenvalue weighted by Gasteiger charge is -2.24. The van der Waals surface area contributed by atoms with Crippen LogP contribution in [0.15, 0.2) is 51.4 Å². The van der Waals surface area contributed by atoms with Crippen molar-refractivity contribution in [2.24, 2.45) is 5.92 Å². The normalized spacial score (nSPS) is 18.6. The van der Waals surface area contributed by atoms with Gasteiger partial charge in [-0.3, -0.25) is 4.79 Å². The molecule has 2 atom stereocenters. The average Bonchev–Trinajstić information content (AvgIpc) is 2.84. The Morgan fingerprint density at radius 1 is 1.20 bits per heavy atom. The van der Waals surface area contributed by atoms with E-state index >= 15 is 0 Å². The summed E-state index contributed by atoms with van der Waals surface area (Å²) in [6.07, 6.45) is 0.574. The quantitative estimate of drug-likeness (QED) is 0.839. The molecule has 1 aliphatic heterocycles. The molecule has 2 heterocycles. The van der Waals surface area contributed by atoms with Gasteiger partial charge >= 0.3 is 5.63 Å². The first kappa shape index (κ1) is 17.2. The number of rotatable bonds is 5. The van der Waals surface area contributed by atoms with Gasteiger partial charge in [0.05, 0.1) is 6.10 Å². The van der Waals surface area contributed by atoms with E-state index in [0.29, 0.717) is 17.1 Å². The van der Waals surface area contributed by atoms with Gasteiger partial charge in [0.1, 0.15) is 23.7 Å². The minimum Gasteiger partial charge on any atom is -0.491 e. The Morgan fingerprint density at radius 3 is 2.60 bits per heavy atom. The lowest BCUT2D eigenvalue weighted by molar-refractivity contribution is -0.127. The molecule has 2 aromatic rings. The van der Waals surface area contributed by atoms with Crippen molar-refractivity contribution in [3.8, 4) is 5.75 Å². The second kappa shape index (κ2) is 6.37. The fourth-order valence-corrected chi connectivity index (χ4v) is 2.55. The topological polar surface area (TPSA) is 86.0 Å². The van der Waals surface area contributed by atoms with Crippen LogP contribution >= 0.6 is 0 Å². The van der Waals surface area contributed by atoms with E-state index in [2.05, 4.69) is 0 Å².